The Hall–Kier alpha value is -2.13. The van der Waals surface area contributed by atoms with Gasteiger partial charge in [-0.15, -0.1) is 21.5 Å². The van der Waals surface area contributed by atoms with Gasteiger partial charge in [-0.1, -0.05) is 44.7 Å². The van der Waals surface area contributed by atoms with Gasteiger partial charge >= 0.3 is 0 Å². The number of rotatable bonds is 5. The third-order valence-corrected chi connectivity index (χ3v) is 5.75. The molecule has 26 heavy (non-hydrogen) atoms. The lowest BCUT2D eigenvalue weighted by atomic mass is 9.96. The van der Waals surface area contributed by atoms with Gasteiger partial charge in [0.1, 0.15) is 5.01 Å². The number of hydrogen-bond acceptors (Lipinski definition) is 7. The molecule has 1 amide bonds. The van der Waals surface area contributed by atoms with Crippen molar-refractivity contribution in [1.29, 1.82) is 0 Å². The van der Waals surface area contributed by atoms with Crippen LogP contribution in [0.2, 0.25) is 0 Å². The third kappa shape index (κ3) is 3.99. The van der Waals surface area contributed by atoms with Gasteiger partial charge in [-0.2, -0.15) is 0 Å². The van der Waals surface area contributed by atoms with Crippen LogP contribution in [0.4, 0.5) is 0 Å². The predicted molar refractivity (Wildman–Crippen MR) is 106 cm³/mol. The monoisotopic (exact) mass is 390 g/mol. The Morgan fingerprint density at radius 1 is 1.31 bits per heavy atom. The van der Waals surface area contributed by atoms with Crippen molar-refractivity contribution < 1.29 is 4.79 Å². The number of amides is 1. The number of carbonyl (C=O) groups excluding carboxylic acids is 1. The zero-order valence-corrected chi connectivity index (χ0v) is 16.9. The molecule has 0 atom stereocenters. The van der Waals surface area contributed by atoms with Gasteiger partial charge in [-0.3, -0.25) is 4.79 Å². The Morgan fingerprint density at radius 3 is 2.69 bits per heavy atom. The van der Waals surface area contributed by atoms with E-state index in [9.17, 15) is 4.79 Å². The zero-order chi connectivity index (χ0) is 18.9. The lowest BCUT2D eigenvalue weighted by Gasteiger charge is -2.17. The summed E-state index contributed by atoms with van der Waals surface area (Å²) in [5.41, 5.74) is 0.766. The number of fused-ring (bicyclic) bond motifs is 1. The second-order valence-corrected chi connectivity index (χ2v) is 9.10. The summed E-state index contributed by atoms with van der Waals surface area (Å²) in [6.45, 7) is 6.55. The molecule has 3 rings (SSSR count). The van der Waals surface area contributed by atoms with Crippen LogP contribution in [0.25, 0.3) is 10.2 Å². The molecule has 9 heteroatoms. The maximum absolute atomic E-state index is 12.4. The highest BCUT2D eigenvalue weighted by molar-refractivity contribution is 7.99. The average Bonchev–Trinajstić information content (AvgIpc) is 3.14. The normalized spacial score (nSPS) is 11.8. The Bertz CT molecular complexity index is 894. The van der Waals surface area contributed by atoms with E-state index in [0.29, 0.717) is 17.5 Å². The van der Waals surface area contributed by atoms with Crippen molar-refractivity contribution >= 4 is 39.2 Å². The van der Waals surface area contributed by atoms with Crippen LogP contribution in [-0.4, -0.2) is 43.5 Å². The number of nitrogens with zero attached hydrogens (tertiary/aromatic N) is 5. The number of aromatic nitrogens is 4. The standard InChI is InChI=1S/C17H22N6OS2/c1-17(2,3)15-20-21-16(23(15)18)25-10-14(24)22(4)9-13-19-11-7-5-6-8-12(11)26-13/h5-8H,9-10,18H2,1-4H3. The quantitative estimate of drug-likeness (QED) is 0.532. The van der Waals surface area contributed by atoms with Gasteiger partial charge in [-0.05, 0) is 12.1 Å². The van der Waals surface area contributed by atoms with Gasteiger partial charge in [0, 0.05) is 12.5 Å². The summed E-state index contributed by atoms with van der Waals surface area (Å²) in [7, 11) is 1.78. The van der Waals surface area contributed by atoms with Crippen molar-refractivity contribution in [3.8, 4) is 0 Å². The molecule has 0 aliphatic rings. The Morgan fingerprint density at radius 2 is 2.04 bits per heavy atom. The van der Waals surface area contributed by atoms with E-state index in [0.717, 1.165) is 15.2 Å². The number of benzene rings is 1. The van der Waals surface area contributed by atoms with Crippen LogP contribution in [0.1, 0.15) is 31.6 Å². The van der Waals surface area contributed by atoms with Gasteiger partial charge in [0.25, 0.3) is 0 Å². The maximum Gasteiger partial charge on any atom is 0.233 e. The zero-order valence-electron chi connectivity index (χ0n) is 15.3. The molecule has 0 aliphatic heterocycles. The van der Waals surface area contributed by atoms with Crippen molar-refractivity contribution in [1.82, 2.24) is 24.8 Å². The Kier molecular flexibility index (Phi) is 5.19. The largest absolute Gasteiger partial charge is 0.338 e. The molecule has 2 N–H and O–H groups in total. The van der Waals surface area contributed by atoms with Gasteiger partial charge in [0.2, 0.25) is 11.1 Å². The fourth-order valence-electron chi connectivity index (χ4n) is 2.40. The van der Waals surface area contributed by atoms with Crippen molar-refractivity contribution in [3.63, 3.8) is 0 Å². The summed E-state index contributed by atoms with van der Waals surface area (Å²) in [6, 6.07) is 7.97. The molecule has 3 aromatic rings. The van der Waals surface area contributed by atoms with Gasteiger partial charge in [0.15, 0.2) is 5.82 Å². The van der Waals surface area contributed by atoms with Crippen molar-refractivity contribution in [2.45, 2.75) is 37.9 Å². The average molecular weight is 391 g/mol. The first-order chi connectivity index (χ1) is 12.3. The van der Waals surface area contributed by atoms with E-state index in [1.54, 1.807) is 23.3 Å². The second kappa shape index (κ2) is 7.24. The van der Waals surface area contributed by atoms with Crippen molar-refractivity contribution in [2.75, 3.05) is 18.6 Å². The molecule has 0 bridgehead atoms. The summed E-state index contributed by atoms with van der Waals surface area (Å²) < 4.78 is 2.59. The Labute approximate surface area is 160 Å². The summed E-state index contributed by atoms with van der Waals surface area (Å²) in [5, 5.41) is 9.69. The first-order valence-corrected chi connectivity index (χ1v) is 9.98. The van der Waals surface area contributed by atoms with Gasteiger partial charge < -0.3 is 10.7 Å². The van der Waals surface area contributed by atoms with Crippen molar-refractivity contribution in [3.05, 3.63) is 35.1 Å². The number of carbonyl (C=O) groups is 1. The maximum atomic E-state index is 12.4. The highest BCUT2D eigenvalue weighted by Gasteiger charge is 2.23. The molecule has 0 aliphatic carbocycles. The lowest BCUT2D eigenvalue weighted by Crippen LogP contribution is -2.28. The summed E-state index contributed by atoms with van der Waals surface area (Å²) >= 11 is 2.90. The Balaban J connectivity index is 1.60. The number of thiazole rings is 1. The highest BCUT2D eigenvalue weighted by atomic mass is 32.2. The van der Waals surface area contributed by atoms with Crippen LogP contribution in [0, 0.1) is 0 Å². The number of nitrogens with two attached hydrogens (primary N) is 1. The van der Waals surface area contributed by atoms with E-state index in [-0.39, 0.29) is 17.1 Å². The molecule has 0 radical (unpaired) electrons. The lowest BCUT2D eigenvalue weighted by molar-refractivity contribution is -0.127. The molecule has 2 heterocycles. The van der Waals surface area contributed by atoms with Crippen LogP contribution in [0.5, 0.6) is 0 Å². The van der Waals surface area contributed by atoms with E-state index in [4.69, 9.17) is 5.84 Å². The number of para-hydroxylation sites is 1. The molecular formula is C17H22N6OS2. The summed E-state index contributed by atoms with van der Waals surface area (Å²) in [5.74, 6) is 6.99. The molecule has 2 aromatic heterocycles. The third-order valence-electron chi connectivity index (χ3n) is 3.80. The van der Waals surface area contributed by atoms with Crippen molar-refractivity contribution in [2.24, 2.45) is 0 Å². The smallest absolute Gasteiger partial charge is 0.233 e. The second-order valence-electron chi connectivity index (χ2n) is 7.04. The topological polar surface area (TPSA) is 89.9 Å². The first-order valence-electron chi connectivity index (χ1n) is 8.18. The number of hydrogen-bond donors (Lipinski definition) is 1. The van der Waals surface area contributed by atoms with Crippen LogP contribution >= 0.6 is 23.1 Å². The van der Waals surface area contributed by atoms with E-state index >= 15 is 0 Å². The van der Waals surface area contributed by atoms with Crippen LogP contribution in [-0.2, 0) is 16.8 Å². The van der Waals surface area contributed by atoms with Crippen LogP contribution in [0.3, 0.4) is 0 Å². The van der Waals surface area contributed by atoms with E-state index < -0.39 is 0 Å². The van der Waals surface area contributed by atoms with Crippen LogP contribution < -0.4 is 5.84 Å². The SMILES string of the molecule is CN(Cc1nc2ccccc2s1)C(=O)CSc1nnc(C(C)(C)C)n1N. The number of nitrogen functional groups attached to an aromatic ring is 1. The molecule has 1 aromatic carbocycles. The molecule has 0 saturated heterocycles. The molecule has 0 saturated carbocycles. The van der Waals surface area contributed by atoms with Gasteiger partial charge in [-0.25, -0.2) is 9.66 Å². The minimum Gasteiger partial charge on any atom is -0.338 e. The molecule has 0 fully saturated rings. The molecule has 138 valence electrons. The van der Waals surface area contributed by atoms with Gasteiger partial charge in [0.05, 0.1) is 22.5 Å². The van der Waals surface area contributed by atoms with E-state index in [1.807, 2.05) is 45.0 Å². The molecule has 0 spiro atoms. The fourth-order valence-corrected chi connectivity index (χ4v) is 4.22. The molecular weight excluding hydrogens is 368 g/mol. The molecule has 7 nitrogen and oxygen atoms in total. The van der Waals surface area contributed by atoms with Crippen LogP contribution in [0.15, 0.2) is 29.4 Å². The summed E-state index contributed by atoms with van der Waals surface area (Å²) in [6.07, 6.45) is 0. The summed E-state index contributed by atoms with van der Waals surface area (Å²) in [4.78, 5) is 18.7. The fraction of sp³-hybridized carbons (Fsp3) is 0.412. The predicted octanol–water partition coefficient (Wildman–Crippen LogP) is 2.65. The van der Waals surface area contributed by atoms with E-state index in [2.05, 4.69) is 15.2 Å². The highest BCUT2D eigenvalue weighted by Crippen LogP contribution is 2.24. The molecule has 0 unspecified atom stereocenters. The minimum absolute atomic E-state index is 0.00503. The number of thioether (sulfide) groups is 1. The first kappa shape index (κ1) is 18.7. The minimum atomic E-state index is -0.200. The van der Waals surface area contributed by atoms with E-state index in [1.165, 1.54) is 16.4 Å².